The summed E-state index contributed by atoms with van der Waals surface area (Å²) in [6, 6.07) is 4.38. The monoisotopic (exact) mass is 322 g/mol. The van der Waals surface area contributed by atoms with E-state index >= 15 is 0 Å². The molecule has 1 aliphatic rings. The lowest BCUT2D eigenvalue weighted by atomic mass is 10.1. The molecule has 0 saturated carbocycles. The third-order valence-electron chi connectivity index (χ3n) is 3.65. The second-order valence-corrected chi connectivity index (χ2v) is 6.54. The summed E-state index contributed by atoms with van der Waals surface area (Å²) in [5.74, 6) is -1.60. The van der Waals surface area contributed by atoms with Crippen molar-refractivity contribution in [3.63, 3.8) is 0 Å². The molecule has 0 aromatic heterocycles. The van der Waals surface area contributed by atoms with Gasteiger partial charge >= 0.3 is 5.97 Å². The Bertz CT molecular complexity index is 632. The predicted molar refractivity (Wildman–Crippen MR) is 84.9 cm³/mol. The molecule has 1 aromatic carbocycles. The molecule has 1 fully saturated rings. The molecule has 1 aliphatic heterocycles. The van der Waals surface area contributed by atoms with Crippen molar-refractivity contribution in [3.8, 4) is 0 Å². The summed E-state index contributed by atoms with van der Waals surface area (Å²) in [7, 11) is 0. The fourth-order valence-corrected chi connectivity index (χ4v) is 3.25. The Labute approximate surface area is 132 Å². The number of benzene rings is 1. The van der Waals surface area contributed by atoms with Crippen LogP contribution < -0.4 is 10.6 Å². The van der Waals surface area contributed by atoms with Crippen molar-refractivity contribution in [3.05, 3.63) is 29.3 Å². The smallest absolute Gasteiger partial charge is 0.321 e. The van der Waals surface area contributed by atoms with E-state index < -0.39 is 17.3 Å². The molecule has 7 heteroatoms. The summed E-state index contributed by atoms with van der Waals surface area (Å²) in [5.41, 5.74) is 8.07. The first-order valence-corrected chi connectivity index (χ1v) is 7.90. The van der Waals surface area contributed by atoms with Crippen molar-refractivity contribution in [1.29, 1.82) is 0 Å². The lowest BCUT2D eigenvalue weighted by Gasteiger charge is -2.16. The molecule has 1 aromatic rings. The molecule has 2 atom stereocenters. The molecular formula is C15H18N2O4S. The summed E-state index contributed by atoms with van der Waals surface area (Å²) in [5, 5.41) is 8.19. The molecule has 118 valence electrons. The van der Waals surface area contributed by atoms with E-state index in [1.807, 2.05) is 19.9 Å². The normalized spacial score (nSPS) is 19.6. The zero-order chi connectivity index (χ0) is 16.4. The number of aryl methyl sites for hydroxylation is 2. The number of hydrogen-bond acceptors (Lipinski definition) is 5. The molecule has 3 N–H and O–H groups in total. The van der Waals surface area contributed by atoms with E-state index in [1.54, 1.807) is 12.1 Å². The Morgan fingerprint density at radius 2 is 2.09 bits per heavy atom. The number of anilines is 1. The highest BCUT2D eigenvalue weighted by Crippen LogP contribution is 2.30. The number of imide groups is 1. The zero-order valence-electron chi connectivity index (χ0n) is 12.4. The minimum Gasteiger partial charge on any atom is -0.480 e. The SMILES string of the molecule is Cc1ccc(N2C(=O)CC(SCC(N)C(=O)O)C2=O)cc1C. The molecule has 0 aliphatic carbocycles. The van der Waals surface area contributed by atoms with Crippen LogP contribution in [0.25, 0.3) is 0 Å². The molecule has 0 radical (unpaired) electrons. The first-order valence-electron chi connectivity index (χ1n) is 6.85. The highest BCUT2D eigenvalue weighted by atomic mass is 32.2. The van der Waals surface area contributed by atoms with Crippen LogP contribution in [0.4, 0.5) is 5.69 Å². The number of amides is 2. The number of hydrogen-bond donors (Lipinski definition) is 2. The largest absolute Gasteiger partial charge is 0.480 e. The van der Waals surface area contributed by atoms with Gasteiger partial charge in [-0.25, -0.2) is 4.90 Å². The highest BCUT2D eigenvalue weighted by Gasteiger charge is 2.40. The fourth-order valence-electron chi connectivity index (χ4n) is 2.16. The van der Waals surface area contributed by atoms with Gasteiger partial charge in [0.25, 0.3) is 0 Å². The van der Waals surface area contributed by atoms with Gasteiger partial charge in [0.2, 0.25) is 11.8 Å². The van der Waals surface area contributed by atoms with Crippen LogP contribution in [0.1, 0.15) is 17.5 Å². The van der Waals surface area contributed by atoms with Crippen LogP contribution in [0.5, 0.6) is 0 Å². The third kappa shape index (κ3) is 3.31. The van der Waals surface area contributed by atoms with E-state index in [-0.39, 0.29) is 24.0 Å². The minimum absolute atomic E-state index is 0.0722. The van der Waals surface area contributed by atoms with Gasteiger partial charge in [0.1, 0.15) is 6.04 Å². The van der Waals surface area contributed by atoms with Gasteiger partial charge in [-0.1, -0.05) is 6.07 Å². The fraction of sp³-hybridized carbons (Fsp3) is 0.400. The van der Waals surface area contributed by atoms with Gasteiger partial charge in [-0.05, 0) is 37.1 Å². The number of nitrogens with zero attached hydrogens (tertiary/aromatic N) is 1. The Morgan fingerprint density at radius 3 is 2.68 bits per heavy atom. The number of rotatable bonds is 5. The predicted octanol–water partition coefficient (Wildman–Crippen LogP) is 1.08. The summed E-state index contributed by atoms with van der Waals surface area (Å²) in [6.07, 6.45) is 0.0722. The molecule has 22 heavy (non-hydrogen) atoms. The number of carbonyl (C=O) groups excluding carboxylic acids is 2. The third-order valence-corrected chi connectivity index (χ3v) is 4.97. The summed E-state index contributed by atoms with van der Waals surface area (Å²) < 4.78 is 0. The lowest BCUT2D eigenvalue weighted by Crippen LogP contribution is -2.35. The van der Waals surface area contributed by atoms with Gasteiger partial charge in [-0.3, -0.25) is 14.4 Å². The minimum atomic E-state index is -1.12. The maximum absolute atomic E-state index is 12.4. The molecule has 1 heterocycles. The molecule has 0 bridgehead atoms. The van der Waals surface area contributed by atoms with Crippen LogP contribution in [-0.4, -0.2) is 39.9 Å². The standard InChI is InChI=1S/C15H18N2O4S/c1-8-3-4-10(5-9(8)2)17-13(18)6-12(14(17)19)22-7-11(16)15(20)21/h3-5,11-12H,6-7,16H2,1-2H3,(H,20,21). The number of thioether (sulfide) groups is 1. The number of nitrogens with two attached hydrogens (primary N) is 1. The van der Waals surface area contributed by atoms with E-state index in [4.69, 9.17) is 10.8 Å². The number of aliphatic carboxylic acids is 1. The number of carboxylic acids is 1. The van der Waals surface area contributed by atoms with Gasteiger partial charge in [0.05, 0.1) is 10.9 Å². The Balaban J connectivity index is 2.11. The first kappa shape index (κ1) is 16.5. The summed E-state index contributed by atoms with van der Waals surface area (Å²) in [6.45, 7) is 3.88. The molecule has 2 rings (SSSR count). The van der Waals surface area contributed by atoms with Gasteiger partial charge < -0.3 is 10.8 Å². The number of carbonyl (C=O) groups is 3. The van der Waals surface area contributed by atoms with Gasteiger partial charge in [-0.15, -0.1) is 11.8 Å². The second-order valence-electron chi connectivity index (χ2n) is 5.31. The summed E-state index contributed by atoms with van der Waals surface area (Å²) >= 11 is 1.12. The molecule has 0 spiro atoms. The maximum Gasteiger partial charge on any atom is 0.321 e. The van der Waals surface area contributed by atoms with E-state index in [2.05, 4.69) is 0 Å². The zero-order valence-corrected chi connectivity index (χ0v) is 13.2. The van der Waals surface area contributed by atoms with Crippen molar-refractivity contribution >= 4 is 35.2 Å². The molecule has 2 unspecified atom stereocenters. The Hall–Kier alpha value is -1.86. The van der Waals surface area contributed by atoms with E-state index in [9.17, 15) is 14.4 Å². The van der Waals surface area contributed by atoms with Crippen LogP contribution in [0.15, 0.2) is 18.2 Å². The Kier molecular flexibility index (Phi) is 4.87. The van der Waals surface area contributed by atoms with Crippen molar-refractivity contribution in [2.45, 2.75) is 31.6 Å². The van der Waals surface area contributed by atoms with Crippen LogP contribution in [0.2, 0.25) is 0 Å². The van der Waals surface area contributed by atoms with Crippen molar-refractivity contribution in [1.82, 2.24) is 0 Å². The van der Waals surface area contributed by atoms with Gasteiger partial charge in [0, 0.05) is 12.2 Å². The van der Waals surface area contributed by atoms with E-state index in [0.29, 0.717) is 5.69 Å². The maximum atomic E-state index is 12.4. The Morgan fingerprint density at radius 1 is 1.41 bits per heavy atom. The lowest BCUT2D eigenvalue weighted by molar-refractivity contribution is -0.138. The van der Waals surface area contributed by atoms with Crippen LogP contribution in [0, 0.1) is 13.8 Å². The van der Waals surface area contributed by atoms with E-state index in [1.165, 1.54) is 4.90 Å². The van der Waals surface area contributed by atoms with Gasteiger partial charge in [0.15, 0.2) is 0 Å². The van der Waals surface area contributed by atoms with Crippen molar-refractivity contribution < 1.29 is 19.5 Å². The quantitative estimate of drug-likeness (QED) is 0.787. The number of carboxylic acid groups (broad SMARTS) is 1. The van der Waals surface area contributed by atoms with Gasteiger partial charge in [-0.2, -0.15) is 0 Å². The van der Waals surface area contributed by atoms with E-state index in [0.717, 1.165) is 22.9 Å². The van der Waals surface area contributed by atoms with Crippen LogP contribution >= 0.6 is 11.8 Å². The van der Waals surface area contributed by atoms with Crippen molar-refractivity contribution in [2.24, 2.45) is 5.73 Å². The molecular weight excluding hydrogens is 304 g/mol. The van der Waals surface area contributed by atoms with Crippen molar-refractivity contribution in [2.75, 3.05) is 10.7 Å². The summed E-state index contributed by atoms with van der Waals surface area (Å²) in [4.78, 5) is 36.4. The second kappa shape index (κ2) is 6.50. The average molecular weight is 322 g/mol. The highest BCUT2D eigenvalue weighted by molar-refractivity contribution is 8.00. The van der Waals surface area contributed by atoms with Crippen LogP contribution in [-0.2, 0) is 14.4 Å². The first-order chi connectivity index (χ1) is 10.3. The van der Waals surface area contributed by atoms with Crippen LogP contribution in [0.3, 0.4) is 0 Å². The average Bonchev–Trinajstić information content (AvgIpc) is 2.74. The molecule has 6 nitrogen and oxygen atoms in total. The molecule has 2 amide bonds. The molecule has 1 saturated heterocycles. The topological polar surface area (TPSA) is 101 Å².